The minimum atomic E-state index is -1.09. The Morgan fingerprint density at radius 1 is 0.861 bits per heavy atom. The summed E-state index contributed by atoms with van der Waals surface area (Å²) in [6.07, 6.45) is 0.217. The van der Waals surface area contributed by atoms with Crippen LogP contribution in [0.3, 0.4) is 0 Å². The zero-order valence-corrected chi connectivity index (χ0v) is 20.9. The first-order valence-electron chi connectivity index (χ1n) is 11.6. The third kappa shape index (κ3) is 9.25. The van der Waals surface area contributed by atoms with Gasteiger partial charge in [-0.1, -0.05) is 12.5 Å². The summed E-state index contributed by atoms with van der Waals surface area (Å²) in [6, 6.07) is 3.14. The van der Waals surface area contributed by atoms with Crippen molar-refractivity contribution >= 4 is 24.4 Å². The highest BCUT2D eigenvalue weighted by Crippen LogP contribution is 2.30. The molecule has 1 aromatic rings. The van der Waals surface area contributed by atoms with Crippen LogP contribution in [0.4, 0.5) is 14.4 Å². The molecule has 0 spiro atoms. The molecule has 1 saturated carbocycles. The molecule has 0 aliphatic heterocycles. The van der Waals surface area contributed by atoms with E-state index in [9.17, 15) is 19.2 Å². The SMILES string of the molecule is COC(=O)Oc1ccc(C[C@H](N)C(=O)O[C@@H](C)[C@H](C)OC(=O)OC2CCCCC2)cc1OC(=O)OC. The van der Waals surface area contributed by atoms with E-state index in [1.807, 2.05) is 0 Å². The zero-order valence-electron chi connectivity index (χ0n) is 20.9. The van der Waals surface area contributed by atoms with Crippen molar-refractivity contribution in [1.29, 1.82) is 0 Å². The van der Waals surface area contributed by atoms with Crippen LogP contribution in [0.5, 0.6) is 11.5 Å². The van der Waals surface area contributed by atoms with Gasteiger partial charge in [-0.05, 0) is 63.6 Å². The number of carbonyl (C=O) groups excluding carboxylic acids is 4. The highest BCUT2D eigenvalue weighted by atomic mass is 16.7. The third-order valence-electron chi connectivity index (χ3n) is 5.55. The highest BCUT2D eigenvalue weighted by molar-refractivity contribution is 5.76. The van der Waals surface area contributed by atoms with Crippen LogP contribution in [0, 0.1) is 0 Å². The topological polar surface area (TPSA) is 159 Å². The molecule has 12 nitrogen and oxygen atoms in total. The Morgan fingerprint density at radius 3 is 2.06 bits per heavy atom. The van der Waals surface area contributed by atoms with E-state index in [2.05, 4.69) is 9.47 Å². The van der Waals surface area contributed by atoms with E-state index in [0.29, 0.717) is 5.56 Å². The molecule has 0 radical (unpaired) electrons. The number of esters is 1. The summed E-state index contributed by atoms with van der Waals surface area (Å²) in [4.78, 5) is 47.5. The minimum absolute atomic E-state index is 0.000546. The van der Waals surface area contributed by atoms with Gasteiger partial charge in [0.05, 0.1) is 14.2 Å². The molecule has 2 rings (SSSR count). The van der Waals surface area contributed by atoms with Crippen molar-refractivity contribution in [3.05, 3.63) is 23.8 Å². The molecular weight excluding hydrogens is 478 g/mol. The number of carbonyl (C=O) groups is 4. The van der Waals surface area contributed by atoms with Crippen LogP contribution < -0.4 is 15.2 Å². The number of hydrogen-bond acceptors (Lipinski definition) is 12. The van der Waals surface area contributed by atoms with E-state index in [-0.39, 0.29) is 24.0 Å². The van der Waals surface area contributed by atoms with Gasteiger partial charge in [0.25, 0.3) is 0 Å². The monoisotopic (exact) mass is 511 g/mol. The Kier molecular flexibility index (Phi) is 11.3. The van der Waals surface area contributed by atoms with Crippen LogP contribution in [0.15, 0.2) is 18.2 Å². The molecule has 0 saturated heterocycles. The van der Waals surface area contributed by atoms with Crippen LogP contribution in [-0.4, -0.2) is 63.0 Å². The molecule has 1 aliphatic carbocycles. The Balaban J connectivity index is 1.93. The van der Waals surface area contributed by atoms with Gasteiger partial charge in [-0.15, -0.1) is 0 Å². The van der Waals surface area contributed by atoms with Crippen LogP contribution >= 0.6 is 0 Å². The maximum atomic E-state index is 12.5. The van der Waals surface area contributed by atoms with Gasteiger partial charge in [0.1, 0.15) is 24.4 Å². The van der Waals surface area contributed by atoms with Crippen LogP contribution in [0.25, 0.3) is 0 Å². The van der Waals surface area contributed by atoms with Gasteiger partial charge in [0, 0.05) is 0 Å². The average Bonchev–Trinajstić information content (AvgIpc) is 2.85. The van der Waals surface area contributed by atoms with Gasteiger partial charge >= 0.3 is 24.4 Å². The Bertz CT molecular complexity index is 913. The van der Waals surface area contributed by atoms with E-state index >= 15 is 0 Å². The Hall–Kier alpha value is -3.54. The maximum absolute atomic E-state index is 12.5. The summed E-state index contributed by atoms with van der Waals surface area (Å²) in [5.74, 6) is -0.979. The lowest BCUT2D eigenvalue weighted by Crippen LogP contribution is -2.39. The van der Waals surface area contributed by atoms with Crippen LogP contribution in [0.2, 0.25) is 0 Å². The number of ether oxygens (including phenoxy) is 7. The van der Waals surface area contributed by atoms with Crippen molar-refractivity contribution in [2.45, 2.75) is 76.7 Å². The molecule has 3 atom stereocenters. The van der Waals surface area contributed by atoms with Gasteiger partial charge in [0.2, 0.25) is 0 Å². The maximum Gasteiger partial charge on any atom is 0.513 e. The number of benzene rings is 1. The van der Waals surface area contributed by atoms with E-state index in [1.165, 1.54) is 18.2 Å². The molecule has 0 bridgehead atoms. The van der Waals surface area contributed by atoms with Gasteiger partial charge in [0.15, 0.2) is 11.5 Å². The first kappa shape index (κ1) is 28.7. The first-order chi connectivity index (χ1) is 17.1. The number of methoxy groups -OCH3 is 2. The predicted octanol–water partition coefficient (Wildman–Crippen LogP) is 3.65. The van der Waals surface area contributed by atoms with Crippen molar-refractivity contribution in [2.75, 3.05) is 14.2 Å². The second-order valence-corrected chi connectivity index (χ2v) is 8.30. The largest absolute Gasteiger partial charge is 0.513 e. The lowest BCUT2D eigenvalue weighted by atomic mass is 9.98. The highest BCUT2D eigenvalue weighted by Gasteiger charge is 2.27. The summed E-state index contributed by atoms with van der Waals surface area (Å²) in [7, 11) is 2.23. The molecule has 1 aliphatic rings. The molecular formula is C24H33NO11. The average molecular weight is 512 g/mol. The molecule has 2 N–H and O–H groups in total. The molecule has 0 aromatic heterocycles. The molecule has 0 unspecified atom stereocenters. The molecule has 1 aromatic carbocycles. The second-order valence-electron chi connectivity index (χ2n) is 8.30. The van der Waals surface area contributed by atoms with Gasteiger partial charge < -0.3 is 38.9 Å². The standard InChI is InChI=1S/C24H33NO11/c1-14(15(2)33-24(29)34-17-8-6-5-7-9-17)32-21(26)18(25)12-16-10-11-19(35-22(27)30-3)20(13-16)36-23(28)31-4/h10-11,13-15,17-18H,5-9,12,25H2,1-4H3/t14-,15-,18-/m0/s1. The number of nitrogens with two attached hydrogens (primary N) is 1. The normalized spacial score (nSPS) is 16.0. The quantitative estimate of drug-likeness (QED) is 0.292. The van der Waals surface area contributed by atoms with E-state index in [0.717, 1.165) is 46.3 Å². The smallest absolute Gasteiger partial charge is 0.458 e. The van der Waals surface area contributed by atoms with E-state index < -0.39 is 42.7 Å². The molecule has 36 heavy (non-hydrogen) atoms. The fourth-order valence-electron chi connectivity index (χ4n) is 3.40. The van der Waals surface area contributed by atoms with Crippen molar-refractivity contribution in [3.8, 4) is 11.5 Å². The van der Waals surface area contributed by atoms with Crippen LogP contribution in [0.1, 0.15) is 51.5 Å². The summed E-state index contributed by atoms with van der Waals surface area (Å²) in [5, 5.41) is 0. The van der Waals surface area contributed by atoms with Crippen molar-refractivity contribution < 1.29 is 52.3 Å². The third-order valence-corrected chi connectivity index (χ3v) is 5.55. The minimum Gasteiger partial charge on any atom is -0.458 e. The number of rotatable bonds is 9. The van der Waals surface area contributed by atoms with Crippen molar-refractivity contribution in [1.82, 2.24) is 0 Å². The van der Waals surface area contributed by atoms with Gasteiger partial charge in [-0.2, -0.15) is 0 Å². The zero-order chi connectivity index (χ0) is 26.7. The number of hydrogen-bond donors (Lipinski definition) is 1. The van der Waals surface area contributed by atoms with Gasteiger partial charge in [-0.25, -0.2) is 14.4 Å². The lowest BCUT2D eigenvalue weighted by Gasteiger charge is -2.25. The second kappa shape index (κ2) is 14.1. The van der Waals surface area contributed by atoms with E-state index in [1.54, 1.807) is 13.8 Å². The van der Waals surface area contributed by atoms with E-state index in [4.69, 9.17) is 29.4 Å². The van der Waals surface area contributed by atoms with Crippen molar-refractivity contribution in [3.63, 3.8) is 0 Å². The summed E-state index contributed by atoms with van der Waals surface area (Å²) < 4.78 is 34.7. The van der Waals surface area contributed by atoms with Crippen LogP contribution in [-0.2, 0) is 34.9 Å². The fraction of sp³-hybridized carbons (Fsp3) is 0.583. The molecule has 0 amide bonds. The Labute approximate surface area is 209 Å². The van der Waals surface area contributed by atoms with Gasteiger partial charge in [-0.3, -0.25) is 4.79 Å². The lowest BCUT2D eigenvalue weighted by molar-refractivity contribution is -0.155. The molecule has 1 fully saturated rings. The predicted molar refractivity (Wildman–Crippen MR) is 124 cm³/mol. The summed E-state index contributed by atoms with van der Waals surface area (Å²) in [5.41, 5.74) is 6.47. The first-order valence-corrected chi connectivity index (χ1v) is 11.6. The summed E-state index contributed by atoms with van der Waals surface area (Å²) >= 11 is 0. The molecule has 200 valence electrons. The summed E-state index contributed by atoms with van der Waals surface area (Å²) in [6.45, 7) is 3.16. The molecule has 0 heterocycles. The fourth-order valence-corrected chi connectivity index (χ4v) is 3.40. The molecule has 12 heteroatoms. The van der Waals surface area contributed by atoms with Crippen molar-refractivity contribution in [2.24, 2.45) is 5.73 Å². The Morgan fingerprint density at radius 2 is 1.44 bits per heavy atom.